The van der Waals surface area contributed by atoms with Crippen molar-refractivity contribution < 1.29 is 9.47 Å². The first kappa shape index (κ1) is 14.3. The Morgan fingerprint density at radius 2 is 1.55 bits per heavy atom. The summed E-state index contributed by atoms with van der Waals surface area (Å²) in [5.74, 6) is 1.78. The molecule has 0 saturated carbocycles. The number of rotatable bonds is 6. The van der Waals surface area contributed by atoms with Crippen molar-refractivity contribution in [3.8, 4) is 11.5 Å². The van der Waals surface area contributed by atoms with Crippen LogP contribution in [0.5, 0.6) is 11.5 Å². The number of methoxy groups -OCH3 is 1. The Hall–Kier alpha value is -2.16. The zero-order chi connectivity index (χ0) is 14.4. The fraction of sp³-hybridized carbons (Fsp3) is 0.294. The lowest BCUT2D eigenvalue weighted by Gasteiger charge is -2.16. The van der Waals surface area contributed by atoms with E-state index in [1.807, 2.05) is 43.3 Å². The molecule has 106 valence electrons. The third kappa shape index (κ3) is 3.67. The second-order valence-corrected chi connectivity index (χ2v) is 4.60. The van der Waals surface area contributed by atoms with Gasteiger partial charge in [-0.15, -0.1) is 0 Å². The van der Waals surface area contributed by atoms with E-state index < -0.39 is 0 Å². The SMILES string of the molecule is CCOc1ccc(NC(C)c2ccc(OC)cc2)cc1. The van der Waals surface area contributed by atoms with Gasteiger partial charge in [0.15, 0.2) is 0 Å². The van der Waals surface area contributed by atoms with Crippen molar-refractivity contribution in [1.29, 1.82) is 0 Å². The molecule has 20 heavy (non-hydrogen) atoms. The molecule has 0 aliphatic rings. The summed E-state index contributed by atoms with van der Waals surface area (Å²) >= 11 is 0. The van der Waals surface area contributed by atoms with Crippen molar-refractivity contribution in [1.82, 2.24) is 0 Å². The molecule has 3 heteroatoms. The Bertz CT molecular complexity index is 520. The van der Waals surface area contributed by atoms with Crippen LogP contribution in [0.25, 0.3) is 0 Å². The fourth-order valence-corrected chi connectivity index (χ4v) is 2.04. The molecule has 0 fully saturated rings. The minimum atomic E-state index is 0.235. The molecule has 0 aliphatic heterocycles. The monoisotopic (exact) mass is 271 g/mol. The summed E-state index contributed by atoms with van der Waals surface area (Å²) in [4.78, 5) is 0. The highest BCUT2D eigenvalue weighted by atomic mass is 16.5. The van der Waals surface area contributed by atoms with Gasteiger partial charge in [-0.05, 0) is 55.8 Å². The van der Waals surface area contributed by atoms with Gasteiger partial charge in [-0.25, -0.2) is 0 Å². The number of hydrogen-bond acceptors (Lipinski definition) is 3. The van der Waals surface area contributed by atoms with Crippen molar-refractivity contribution >= 4 is 5.69 Å². The third-order valence-corrected chi connectivity index (χ3v) is 3.16. The van der Waals surface area contributed by atoms with Gasteiger partial charge in [0.2, 0.25) is 0 Å². The lowest BCUT2D eigenvalue weighted by molar-refractivity contribution is 0.340. The Kier molecular flexibility index (Phi) is 4.88. The van der Waals surface area contributed by atoms with Crippen molar-refractivity contribution in [3.05, 3.63) is 54.1 Å². The Morgan fingerprint density at radius 3 is 2.10 bits per heavy atom. The molecule has 0 aromatic heterocycles. The maximum Gasteiger partial charge on any atom is 0.119 e. The molecule has 0 spiro atoms. The second kappa shape index (κ2) is 6.85. The van der Waals surface area contributed by atoms with Gasteiger partial charge in [-0.1, -0.05) is 12.1 Å². The van der Waals surface area contributed by atoms with E-state index in [1.54, 1.807) is 7.11 Å². The van der Waals surface area contributed by atoms with E-state index in [0.717, 1.165) is 17.2 Å². The molecule has 1 N–H and O–H groups in total. The van der Waals surface area contributed by atoms with Crippen LogP contribution in [0.2, 0.25) is 0 Å². The first-order valence-electron chi connectivity index (χ1n) is 6.86. The summed E-state index contributed by atoms with van der Waals surface area (Å²) in [6.45, 7) is 4.81. The van der Waals surface area contributed by atoms with Crippen LogP contribution >= 0.6 is 0 Å². The molecule has 1 atom stereocenters. The first-order chi connectivity index (χ1) is 9.72. The zero-order valence-corrected chi connectivity index (χ0v) is 12.2. The smallest absolute Gasteiger partial charge is 0.119 e. The summed E-state index contributed by atoms with van der Waals surface area (Å²) in [7, 11) is 1.68. The Morgan fingerprint density at radius 1 is 0.950 bits per heavy atom. The van der Waals surface area contributed by atoms with Crippen LogP contribution in [-0.2, 0) is 0 Å². The summed E-state index contributed by atoms with van der Waals surface area (Å²) < 4.78 is 10.6. The predicted octanol–water partition coefficient (Wildman–Crippen LogP) is 4.27. The summed E-state index contributed by atoms with van der Waals surface area (Å²) in [5, 5.41) is 3.47. The number of benzene rings is 2. The van der Waals surface area contributed by atoms with Crippen molar-refractivity contribution in [2.24, 2.45) is 0 Å². The van der Waals surface area contributed by atoms with Gasteiger partial charge >= 0.3 is 0 Å². The van der Waals surface area contributed by atoms with Crippen molar-refractivity contribution in [2.45, 2.75) is 19.9 Å². The van der Waals surface area contributed by atoms with Gasteiger partial charge in [0.05, 0.1) is 13.7 Å². The lowest BCUT2D eigenvalue weighted by atomic mass is 10.1. The van der Waals surface area contributed by atoms with E-state index in [0.29, 0.717) is 6.61 Å². The van der Waals surface area contributed by atoms with Crippen LogP contribution in [-0.4, -0.2) is 13.7 Å². The van der Waals surface area contributed by atoms with Gasteiger partial charge in [0, 0.05) is 11.7 Å². The molecule has 0 aliphatic carbocycles. The maximum atomic E-state index is 5.43. The van der Waals surface area contributed by atoms with Crippen LogP contribution in [0, 0.1) is 0 Å². The fourth-order valence-electron chi connectivity index (χ4n) is 2.04. The number of hydrogen-bond donors (Lipinski definition) is 1. The van der Waals surface area contributed by atoms with Crippen LogP contribution < -0.4 is 14.8 Å². The van der Waals surface area contributed by atoms with E-state index >= 15 is 0 Å². The van der Waals surface area contributed by atoms with E-state index in [1.165, 1.54) is 5.56 Å². The van der Waals surface area contributed by atoms with E-state index in [-0.39, 0.29) is 6.04 Å². The molecular formula is C17H21NO2. The quantitative estimate of drug-likeness (QED) is 0.851. The van der Waals surface area contributed by atoms with Crippen molar-refractivity contribution in [3.63, 3.8) is 0 Å². The van der Waals surface area contributed by atoms with Crippen LogP contribution in [0.4, 0.5) is 5.69 Å². The molecule has 0 saturated heterocycles. The van der Waals surface area contributed by atoms with E-state index in [4.69, 9.17) is 9.47 Å². The normalized spacial score (nSPS) is 11.8. The van der Waals surface area contributed by atoms with Crippen LogP contribution in [0.15, 0.2) is 48.5 Å². The Labute approximate surface area is 120 Å². The molecule has 2 aromatic carbocycles. The highest BCUT2D eigenvalue weighted by molar-refractivity contribution is 5.48. The minimum absolute atomic E-state index is 0.235. The highest BCUT2D eigenvalue weighted by Crippen LogP contribution is 2.23. The zero-order valence-electron chi connectivity index (χ0n) is 12.2. The average Bonchev–Trinajstić information content (AvgIpc) is 2.49. The lowest BCUT2D eigenvalue weighted by Crippen LogP contribution is -2.06. The highest BCUT2D eigenvalue weighted by Gasteiger charge is 2.05. The molecule has 2 rings (SSSR count). The average molecular weight is 271 g/mol. The molecule has 1 unspecified atom stereocenters. The predicted molar refractivity (Wildman–Crippen MR) is 82.6 cm³/mol. The number of ether oxygens (including phenoxy) is 2. The van der Waals surface area contributed by atoms with Gasteiger partial charge in [0.25, 0.3) is 0 Å². The Balaban J connectivity index is 2.00. The molecule has 0 amide bonds. The van der Waals surface area contributed by atoms with Crippen LogP contribution in [0.1, 0.15) is 25.5 Å². The first-order valence-corrected chi connectivity index (χ1v) is 6.86. The standard InChI is InChI=1S/C17H21NO2/c1-4-20-17-11-7-15(8-12-17)18-13(2)14-5-9-16(19-3)10-6-14/h5-13,18H,4H2,1-3H3. The molecule has 0 heterocycles. The van der Waals surface area contributed by atoms with Gasteiger partial charge in [-0.2, -0.15) is 0 Å². The summed E-state index contributed by atoms with van der Waals surface area (Å²) in [6, 6.07) is 16.4. The molecule has 3 nitrogen and oxygen atoms in total. The van der Waals surface area contributed by atoms with E-state index in [2.05, 4.69) is 24.4 Å². The number of nitrogens with one attached hydrogen (secondary N) is 1. The molecule has 0 radical (unpaired) electrons. The van der Waals surface area contributed by atoms with Gasteiger partial charge in [-0.3, -0.25) is 0 Å². The largest absolute Gasteiger partial charge is 0.497 e. The maximum absolute atomic E-state index is 5.43. The van der Waals surface area contributed by atoms with Crippen molar-refractivity contribution in [2.75, 3.05) is 19.0 Å². The molecule has 0 bridgehead atoms. The topological polar surface area (TPSA) is 30.5 Å². The number of anilines is 1. The van der Waals surface area contributed by atoms with E-state index in [9.17, 15) is 0 Å². The molecule has 2 aromatic rings. The van der Waals surface area contributed by atoms with Gasteiger partial charge < -0.3 is 14.8 Å². The third-order valence-electron chi connectivity index (χ3n) is 3.16. The van der Waals surface area contributed by atoms with Gasteiger partial charge in [0.1, 0.15) is 11.5 Å². The summed E-state index contributed by atoms with van der Waals surface area (Å²) in [5.41, 5.74) is 2.30. The summed E-state index contributed by atoms with van der Waals surface area (Å²) in [6.07, 6.45) is 0. The minimum Gasteiger partial charge on any atom is -0.497 e. The molecular weight excluding hydrogens is 250 g/mol. The second-order valence-electron chi connectivity index (χ2n) is 4.60. The van der Waals surface area contributed by atoms with Crippen LogP contribution in [0.3, 0.4) is 0 Å².